The van der Waals surface area contributed by atoms with Crippen molar-refractivity contribution < 1.29 is 52.7 Å². The summed E-state index contributed by atoms with van der Waals surface area (Å²) in [7, 11) is 1.25. The van der Waals surface area contributed by atoms with Crippen LogP contribution in [-0.4, -0.2) is 79.5 Å². The molecule has 1 rings (SSSR count). The number of hydrogen-bond acceptors (Lipinski definition) is 11. The molecule has 0 aliphatic carbocycles. The van der Waals surface area contributed by atoms with Crippen LogP contribution in [-0.2, 0) is 47.6 Å². The summed E-state index contributed by atoms with van der Waals surface area (Å²) < 4.78 is 31.3. The van der Waals surface area contributed by atoms with E-state index >= 15 is 0 Å². The van der Waals surface area contributed by atoms with E-state index in [0.29, 0.717) is 0 Å². The maximum atomic E-state index is 11.6. The molecule has 11 heteroatoms. The molecule has 0 unspecified atom stereocenters. The third-order valence-corrected chi connectivity index (χ3v) is 3.53. The van der Waals surface area contributed by atoms with Crippen LogP contribution in [0.3, 0.4) is 0 Å². The highest BCUT2D eigenvalue weighted by Crippen LogP contribution is 2.31. The van der Waals surface area contributed by atoms with Crippen LogP contribution in [0, 0.1) is 0 Å². The van der Waals surface area contributed by atoms with Gasteiger partial charge >= 0.3 is 23.9 Å². The number of methoxy groups -OCH3 is 1. The van der Waals surface area contributed by atoms with E-state index in [-0.39, 0.29) is 0 Å². The maximum Gasteiger partial charge on any atom is 0.303 e. The fourth-order valence-corrected chi connectivity index (χ4v) is 2.71. The highest BCUT2D eigenvalue weighted by Gasteiger charge is 2.54. The van der Waals surface area contributed by atoms with E-state index < -0.39 is 67.3 Å². The summed E-state index contributed by atoms with van der Waals surface area (Å²) in [6.45, 7) is 3.77. The van der Waals surface area contributed by atoms with Gasteiger partial charge in [-0.1, -0.05) is 0 Å². The minimum atomic E-state index is -1.35. The third-order valence-electron chi connectivity index (χ3n) is 3.53. The average Bonchev–Trinajstić information content (AvgIpc) is 2.54. The summed E-state index contributed by atoms with van der Waals surface area (Å²) in [5, 5.41) is 9.59. The highest BCUT2D eigenvalue weighted by molar-refractivity contribution is 5.68. The van der Waals surface area contributed by atoms with Crippen LogP contribution >= 0.6 is 0 Å². The van der Waals surface area contributed by atoms with Crippen LogP contribution in [0.25, 0.3) is 0 Å². The largest absolute Gasteiger partial charge is 0.457 e. The standard InChI is InChI=1S/C16H24O11/c1-7(18)23-11(6-17)12-13(24-8(2)19)14(25-9(3)20)15(26-10(4)21)16(22-5)27-12/h11-17H,6H2,1-5H3/t11-,12+,13+,14-,15-,16+/m0/s1. The Balaban J connectivity index is 3.36. The first-order chi connectivity index (χ1) is 12.6. The quantitative estimate of drug-likeness (QED) is 0.424. The van der Waals surface area contributed by atoms with Gasteiger partial charge in [-0.3, -0.25) is 19.2 Å². The Morgan fingerprint density at radius 1 is 0.852 bits per heavy atom. The molecule has 1 N–H and O–H groups in total. The van der Waals surface area contributed by atoms with Gasteiger partial charge in [0.1, 0.15) is 6.10 Å². The van der Waals surface area contributed by atoms with Crippen LogP contribution in [0.15, 0.2) is 0 Å². The molecule has 0 aromatic rings. The first-order valence-corrected chi connectivity index (χ1v) is 8.08. The van der Waals surface area contributed by atoms with Crippen molar-refractivity contribution >= 4 is 23.9 Å². The summed E-state index contributed by atoms with van der Waals surface area (Å²) in [5.74, 6) is -2.96. The lowest BCUT2D eigenvalue weighted by Gasteiger charge is -2.45. The van der Waals surface area contributed by atoms with E-state index in [9.17, 15) is 24.3 Å². The molecule has 11 nitrogen and oxygen atoms in total. The molecule has 0 bridgehead atoms. The van der Waals surface area contributed by atoms with Crippen molar-refractivity contribution in [2.45, 2.75) is 64.5 Å². The van der Waals surface area contributed by atoms with Crippen LogP contribution in [0.1, 0.15) is 27.7 Å². The predicted octanol–water partition coefficient (Wildman–Crippen LogP) is -0.923. The van der Waals surface area contributed by atoms with E-state index in [1.165, 1.54) is 7.11 Å². The summed E-state index contributed by atoms with van der Waals surface area (Å²) >= 11 is 0. The number of rotatable bonds is 7. The first kappa shape index (κ1) is 22.8. The van der Waals surface area contributed by atoms with Crippen LogP contribution in [0.4, 0.5) is 0 Å². The van der Waals surface area contributed by atoms with Crippen molar-refractivity contribution in [1.29, 1.82) is 0 Å². The second-order valence-electron chi connectivity index (χ2n) is 5.76. The monoisotopic (exact) mass is 392 g/mol. The van der Waals surface area contributed by atoms with Crippen LogP contribution in [0.5, 0.6) is 0 Å². The van der Waals surface area contributed by atoms with Crippen molar-refractivity contribution in [2.24, 2.45) is 0 Å². The minimum absolute atomic E-state index is 0.677. The second-order valence-corrected chi connectivity index (χ2v) is 5.76. The molecule has 0 saturated carbocycles. The van der Waals surface area contributed by atoms with Gasteiger partial charge in [0.05, 0.1) is 6.61 Å². The van der Waals surface area contributed by atoms with Crippen molar-refractivity contribution in [3.63, 3.8) is 0 Å². The Morgan fingerprint density at radius 3 is 1.74 bits per heavy atom. The lowest BCUT2D eigenvalue weighted by Crippen LogP contribution is -2.65. The van der Waals surface area contributed by atoms with Crippen molar-refractivity contribution in [2.75, 3.05) is 13.7 Å². The first-order valence-electron chi connectivity index (χ1n) is 8.08. The molecule has 6 atom stereocenters. The van der Waals surface area contributed by atoms with Gasteiger partial charge in [0, 0.05) is 34.8 Å². The van der Waals surface area contributed by atoms with Gasteiger partial charge < -0.3 is 33.5 Å². The highest BCUT2D eigenvalue weighted by atomic mass is 16.7. The van der Waals surface area contributed by atoms with Crippen molar-refractivity contribution in [3.05, 3.63) is 0 Å². The van der Waals surface area contributed by atoms with Gasteiger partial charge in [-0.25, -0.2) is 0 Å². The normalized spacial score (nSPS) is 28.6. The summed E-state index contributed by atoms with van der Waals surface area (Å²) in [6, 6.07) is 0. The smallest absolute Gasteiger partial charge is 0.303 e. The Kier molecular flexibility index (Phi) is 8.60. The van der Waals surface area contributed by atoms with Crippen LogP contribution in [0.2, 0.25) is 0 Å². The third kappa shape index (κ3) is 6.45. The number of esters is 4. The zero-order valence-electron chi connectivity index (χ0n) is 15.7. The van der Waals surface area contributed by atoms with E-state index in [1.807, 2.05) is 0 Å². The predicted molar refractivity (Wildman–Crippen MR) is 85.0 cm³/mol. The average molecular weight is 392 g/mol. The van der Waals surface area contributed by atoms with Gasteiger partial charge in [0.2, 0.25) is 0 Å². The maximum absolute atomic E-state index is 11.6. The molecule has 1 fully saturated rings. The summed E-state index contributed by atoms with van der Waals surface area (Å²) in [4.78, 5) is 45.9. The van der Waals surface area contributed by atoms with Crippen molar-refractivity contribution in [3.8, 4) is 0 Å². The number of aliphatic hydroxyl groups is 1. The van der Waals surface area contributed by atoms with Gasteiger partial charge in [-0.15, -0.1) is 0 Å². The van der Waals surface area contributed by atoms with Gasteiger partial charge in [0.25, 0.3) is 0 Å². The van der Waals surface area contributed by atoms with E-state index in [2.05, 4.69) is 0 Å². The lowest BCUT2D eigenvalue weighted by molar-refractivity contribution is -0.312. The molecule has 1 heterocycles. The summed E-state index contributed by atoms with van der Waals surface area (Å²) in [6.07, 6.45) is -7.72. The number of ether oxygens (including phenoxy) is 6. The summed E-state index contributed by atoms with van der Waals surface area (Å²) in [5.41, 5.74) is 0. The minimum Gasteiger partial charge on any atom is -0.457 e. The molecule has 0 aromatic carbocycles. The molecule has 1 saturated heterocycles. The van der Waals surface area contributed by atoms with Gasteiger partial charge in [-0.05, 0) is 0 Å². The van der Waals surface area contributed by atoms with Crippen LogP contribution < -0.4 is 0 Å². The number of carbonyl (C=O) groups excluding carboxylic acids is 4. The lowest BCUT2D eigenvalue weighted by atomic mass is 9.94. The molecule has 154 valence electrons. The zero-order chi connectivity index (χ0) is 20.7. The van der Waals surface area contributed by atoms with Gasteiger partial charge in [0.15, 0.2) is 30.7 Å². The SMILES string of the molecule is CO[C@@H]1O[C@H]([C@H](CO)OC(C)=O)[C@@H](OC(C)=O)[C@H](OC(C)=O)[C@@H]1OC(C)=O. The van der Waals surface area contributed by atoms with Crippen molar-refractivity contribution in [1.82, 2.24) is 0 Å². The molecular weight excluding hydrogens is 368 g/mol. The van der Waals surface area contributed by atoms with E-state index in [0.717, 1.165) is 27.7 Å². The second kappa shape index (κ2) is 10.2. The molecule has 0 aromatic heterocycles. The molecular formula is C16H24O11. The van der Waals surface area contributed by atoms with Gasteiger partial charge in [-0.2, -0.15) is 0 Å². The molecule has 0 spiro atoms. The van der Waals surface area contributed by atoms with E-state index in [4.69, 9.17) is 28.4 Å². The Morgan fingerprint density at radius 2 is 1.33 bits per heavy atom. The molecule has 0 amide bonds. The topological polar surface area (TPSA) is 144 Å². The molecule has 27 heavy (non-hydrogen) atoms. The molecule has 1 aliphatic heterocycles. The Bertz CT molecular complexity index is 561. The van der Waals surface area contributed by atoms with E-state index in [1.54, 1.807) is 0 Å². The number of carbonyl (C=O) groups is 4. The number of hydrogen-bond donors (Lipinski definition) is 1. The zero-order valence-corrected chi connectivity index (χ0v) is 15.7. The fourth-order valence-electron chi connectivity index (χ4n) is 2.71. The Hall–Kier alpha value is -2.24. The molecule has 1 aliphatic rings. The number of aliphatic hydroxyl groups excluding tert-OH is 1. The Labute approximate surface area is 155 Å². The molecule has 0 radical (unpaired) electrons. The fraction of sp³-hybridized carbons (Fsp3) is 0.750.